The summed E-state index contributed by atoms with van der Waals surface area (Å²) in [6, 6.07) is 11.5. The van der Waals surface area contributed by atoms with Gasteiger partial charge >= 0.3 is 196 Å². The van der Waals surface area contributed by atoms with Gasteiger partial charge in [-0.3, -0.25) is 0 Å². The molecule has 0 radical (unpaired) electrons. The van der Waals surface area contributed by atoms with E-state index in [1.54, 1.807) is 24.7 Å². The molecule has 30 heavy (non-hydrogen) atoms. The Balaban J connectivity index is 2.03. The van der Waals surface area contributed by atoms with E-state index in [1.165, 1.54) is 36.7 Å². The molecule has 1 aliphatic heterocycles. The quantitative estimate of drug-likeness (QED) is 0.407. The SMILES string of the molecule is Cc1cc2c(N3CCCc4cc([At])c(C(C)C)cc43)cc(C(C)C)cc2n(C)c1=O. The van der Waals surface area contributed by atoms with Crippen molar-refractivity contribution in [1.29, 1.82) is 0 Å². The van der Waals surface area contributed by atoms with Crippen LogP contribution in [0, 0.1) is 31.6 Å². The molecule has 0 saturated carbocycles. The standard InChI is InChI=1S/C26H31AtN2O/c1-15(2)19-12-24-21(10-17(5)26(30)28(24)6)25(13-19)29-9-7-8-18-11-22(27)20(16(3)4)14-23(18)29/h10-16H,7-9H2,1-6H3. The molecular weight excluding hydrogens is 566 g/mol. The van der Waals surface area contributed by atoms with Crippen molar-refractivity contribution >= 4 is 25.5 Å². The van der Waals surface area contributed by atoms with Crippen LogP contribution in [0.25, 0.3) is 10.9 Å². The van der Waals surface area contributed by atoms with Gasteiger partial charge in [-0.05, 0) is 0 Å². The third-order valence-corrected chi connectivity index (χ3v) is 7.69. The first-order valence-electron chi connectivity index (χ1n) is 10.9. The molecule has 1 aromatic heterocycles. The number of benzene rings is 2. The van der Waals surface area contributed by atoms with Crippen LogP contribution in [0.4, 0.5) is 11.4 Å². The van der Waals surface area contributed by atoms with Crippen LogP contribution >= 0.6 is 0 Å². The van der Waals surface area contributed by atoms with Crippen LogP contribution in [0.3, 0.4) is 0 Å². The Morgan fingerprint density at radius 2 is 1.70 bits per heavy atom. The molecule has 0 aliphatic carbocycles. The number of anilines is 2. The molecule has 4 heteroatoms. The molecule has 3 nitrogen and oxygen atoms in total. The molecule has 0 saturated heterocycles. The molecule has 0 amide bonds. The van der Waals surface area contributed by atoms with Crippen molar-refractivity contribution in [2.24, 2.45) is 7.05 Å². The molecule has 158 valence electrons. The number of nitrogens with zero attached hydrogens (tertiary/aromatic N) is 2. The van der Waals surface area contributed by atoms with Crippen molar-refractivity contribution in [3.05, 3.63) is 62.9 Å². The van der Waals surface area contributed by atoms with Gasteiger partial charge in [0.05, 0.1) is 0 Å². The predicted octanol–water partition coefficient (Wildman–Crippen LogP) is 5.35. The summed E-state index contributed by atoms with van der Waals surface area (Å²) >= 11 is 1.78. The van der Waals surface area contributed by atoms with E-state index in [-0.39, 0.29) is 5.56 Å². The first-order chi connectivity index (χ1) is 14.2. The monoisotopic (exact) mass is 597 g/mol. The van der Waals surface area contributed by atoms with Crippen molar-refractivity contribution < 1.29 is 24.7 Å². The van der Waals surface area contributed by atoms with E-state index in [4.69, 9.17) is 0 Å². The molecule has 0 N–H and O–H groups in total. The number of aromatic nitrogens is 1. The average Bonchev–Trinajstić information content (AvgIpc) is 2.70. The van der Waals surface area contributed by atoms with Crippen LogP contribution in [-0.4, -0.2) is 11.1 Å². The maximum absolute atomic E-state index is 12.7. The summed E-state index contributed by atoms with van der Waals surface area (Å²) in [5.41, 5.74) is 8.68. The molecule has 0 unspecified atom stereocenters. The van der Waals surface area contributed by atoms with Crippen molar-refractivity contribution in [1.82, 2.24) is 4.57 Å². The molecule has 2 aromatic carbocycles. The Labute approximate surface area is 194 Å². The van der Waals surface area contributed by atoms with Gasteiger partial charge in [-0.25, -0.2) is 0 Å². The molecule has 0 atom stereocenters. The Kier molecular flexibility index (Phi) is 5.83. The van der Waals surface area contributed by atoms with Crippen LogP contribution in [0.15, 0.2) is 35.1 Å². The van der Waals surface area contributed by atoms with Gasteiger partial charge in [0.15, 0.2) is 0 Å². The predicted molar refractivity (Wildman–Crippen MR) is 124 cm³/mol. The minimum atomic E-state index is 0.0908. The molecule has 2 heterocycles. The zero-order valence-electron chi connectivity index (χ0n) is 18.8. The summed E-state index contributed by atoms with van der Waals surface area (Å²) < 4.78 is 3.27. The van der Waals surface area contributed by atoms with Gasteiger partial charge in [0.2, 0.25) is 0 Å². The number of hydrogen-bond donors (Lipinski definition) is 0. The second-order valence-corrected chi connectivity index (χ2v) is 10.8. The third-order valence-electron chi connectivity index (χ3n) is 6.42. The summed E-state index contributed by atoms with van der Waals surface area (Å²) in [5, 5.41) is 1.17. The van der Waals surface area contributed by atoms with E-state index in [2.05, 4.69) is 62.9 Å². The second kappa shape index (κ2) is 8.11. The molecule has 0 fully saturated rings. The van der Waals surface area contributed by atoms with Crippen molar-refractivity contribution in [3.63, 3.8) is 0 Å². The number of fused-ring (bicyclic) bond motifs is 2. The topological polar surface area (TPSA) is 25.2 Å². The first-order valence-corrected chi connectivity index (χ1v) is 12.4. The summed E-state index contributed by atoms with van der Waals surface area (Å²) in [6.45, 7) is 12.0. The Morgan fingerprint density at radius 1 is 0.967 bits per heavy atom. The summed E-state index contributed by atoms with van der Waals surface area (Å²) in [7, 11) is 1.90. The summed E-state index contributed by atoms with van der Waals surface area (Å²) in [5.74, 6) is 0.918. The molecule has 1 aliphatic rings. The zero-order chi connectivity index (χ0) is 21.7. The fourth-order valence-electron chi connectivity index (χ4n) is 4.59. The Hall–Kier alpha value is -1.67. The minimum absolute atomic E-state index is 0.0908. The van der Waals surface area contributed by atoms with Crippen LogP contribution in [0.2, 0.25) is 0 Å². The third kappa shape index (κ3) is 3.62. The van der Waals surface area contributed by atoms with Gasteiger partial charge in [-0.1, -0.05) is 0 Å². The summed E-state index contributed by atoms with van der Waals surface area (Å²) in [6.07, 6.45) is 2.29. The molecular formula is C26H31AtN2O. The van der Waals surface area contributed by atoms with E-state index in [0.717, 1.165) is 30.5 Å². The Bertz CT molecular complexity index is 1190. The normalized spacial score (nSPS) is 14.1. The number of pyridine rings is 1. The van der Waals surface area contributed by atoms with E-state index >= 15 is 0 Å². The van der Waals surface area contributed by atoms with Crippen LogP contribution in [0.5, 0.6) is 0 Å². The van der Waals surface area contributed by atoms with Crippen LogP contribution in [-0.2, 0) is 13.5 Å². The number of aryl methyl sites for hydroxylation is 3. The van der Waals surface area contributed by atoms with Gasteiger partial charge in [-0.2, -0.15) is 0 Å². The molecule has 4 rings (SSSR count). The average molecular weight is 598 g/mol. The first kappa shape index (κ1) is 21.6. The van der Waals surface area contributed by atoms with Crippen LogP contribution < -0.4 is 13.7 Å². The Morgan fingerprint density at radius 3 is 2.37 bits per heavy atom. The fraction of sp³-hybridized carbons (Fsp3) is 0.423. The molecule has 3 aromatic rings. The summed E-state index contributed by atoms with van der Waals surface area (Å²) in [4.78, 5) is 15.2. The van der Waals surface area contributed by atoms with Crippen molar-refractivity contribution in [2.75, 3.05) is 11.4 Å². The van der Waals surface area contributed by atoms with E-state index in [0.29, 0.717) is 11.8 Å². The molecule has 0 bridgehead atoms. The number of rotatable bonds is 3. The van der Waals surface area contributed by atoms with Crippen molar-refractivity contribution in [3.8, 4) is 0 Å². The number of hydrogen-bond acceptors (Lipinski definition) is 2. The maximum atomic E-state index is 12.7. The van der Waals surface area contributed by atoms with E-state index in [9.17, 15) is 4.79 Å². The van der Waals surface area contributed by atoms with Gasteiger partial charge in [0, 0.05) is 0 Å². The van der Waals surface area contributed by atoms with Gasteiger partial charge in [0.1, 0.15) is 0 Å². The molecule has 0 spiro atoms. The van der Waals surface area contributed by atoms with E-state index in [1.807, 2.05) is 18.5 Å². The van der Waals surface area contributed by atoms with Crippen LogP contribution in [0.1, 0.15) is 68.2 Å². The van der Waals surface area contributed by atoms with Gasteiger partial charge < -0.3 is 0 Å². The zero-order valence-corrected chi connectivity index (χ0v) is 21.8. The van der Waals surface area contributed by atoms with E-state index < -0.39 is 0 Å². The fourth-order valence-corrected chi connectivity index (χ4v) is 6.16. The van der Waals surface area contributed by atoms with Crippen molar-refractivity contribution in [2.45, 2.75) is 59.3 Å². The van der Waals surface area contributed by atoms with Gasteiger partial charge in [0.25, 0.3) is 0 Å². The second-order valence-electron chi connectivity index (χ2n) is 9.23. The van der Waals surface area contributed by atoms with Gasteiger partial charge in [-0.15, -0.1) is 0 Å².